The molecule has 7 heteroatoms. The Bertz CT molecular complexity index is 760. The molecule has 19 heavy (non-hydrogen) atoms. The van der Waals surface area contributed by atoms with Gasteiger partial charge in [-0.25, -0.2) is 8.42 Å². The van der Waals surface area contributed by atoms with E-state index in [1.54, 1.807) is 12.1 Å². The minimum absolute atomic E-state index is 0.123. The zero-order chi connectivity index (χ0) is 14.0. The zero-order valence-corrected chi connectivity index (χ0v) is 13.1. The summed E-state index contributed by atoms with van der Waals surface area (Å²) in [6, 6.07) is 10.2. The van der Waals surface area contributed by atoms with E-state index in [2.05, 4.69) is 20.7 Å². The smallest absolute Gasteiger partial charge is 0.271 e. The van der Waals surface area contributed by atoms with E-state index >= 15 is 0 Å². The van der Waals surface area contributed by atoms with Crippen molar-refractivity contribution in [3.05, 3.63) is 45.2 Å². The van der Waals surface area contributed by atoms with Crippen molar-refractivity contribution in [2.45, 2.75) is 11.1 Å². The molecule has 0 aliphatic rings. The van der Waals surface area contributed by atoms with Crippen molar-refractivity contribution < 1.29 is 8.42 Å². The highest BCUT2D eigenvalue weighted by Gasteiger charge is 2.18. The molecule has 0 radical (unpaired) electrons. The van der Waals surface area contributed by atoms with E-state index in [0.717, 1.165) is 16.9 Å². The molecule has 0 fully saturated rings. The van der Waals surface area contributed by atoms with Crippen molar-refractivity contribution in [3.8, 4) is 6.07 Å². The van der Waals surface area contributed by atoms with Crippen LogP contribution in [0.5, 0.6) is 0 Å². The first-order valence-corrected chi connectivity index (χ1v) is 8.31. The van der Waals surface area contributed by atoms with Gasteiger partial charge in [-0.2, -0.15) is 5.26 Å². The maximum absolute atomic E-state index is 12.2. The van der Waals surface area contributed by atoms with Crippen molar-refractivity contribution >= 4 is 43.0 Å². The Morgan fingerprint density at radius 1 is 1.32 bits per heavy atom. The molecular weight excluding hydrogens is 348 g/mol. The van der Waals surface area contributed by atoms with Gasteiger partial charge in [0, 0.05) is 4.47 Å². The number of hydrogen-bond donors (Lipinski definition) is 1. The van der Waals surface area contributed by atoms with Crippen LogP contribution >= 0.6 is 27.3 Å². The van der Waals surface area contributed by atoms with Gasteiger partial charge in [0.2, 0.25) is 0 Å². The van der Waals surface area contributed by atoms with Crippen LogP contribution in [-0.2, 0) is 10.0 Å². The van der Waals surface area contributed by atoms with Crippen LogP contribution in [0.25, 0.3) is 0 Å². The molecule has 4 nitrogen and oxygen atoms in total. The van der Waals surface area contributed by atoms with E-state index in [9.17, 15) is 8.42 Å². The zero-order valence-electron chi connectivity index (χ0n) is 9.84. The van der Waals surface area contributed by atoms with Crippen LogP contribution < -0.4 is 4.72 Å². The fraction of sp³-hybridized carbons (Fsp3) is 0.0833. The molecule has 0 bridgehead atoms. The minimum Gasteiger partial charge on any atom is -0.278 e. The van der Waals surface area contributed by atoms with Crippen LogP contribution in [0.4, 0.5) is 5.69 Å². The fourth-order valence-corrected chi connectivity index (χ4v) is 4.12. The Morgan fingerprint density at radius 2 is 2.05 bits per heavy atom. The predicted molar refractivity (Wildman–Crippen MR) is 78.7 cm³/mol. The first-order valence-electron chi connectivity index (χ1n) is 5.22. The highest BCUT2D eigenvalue weighted by Crippen LogP contribution is 2.29. The predicted octanol–water partition coefficient (Wildman–Crippen LogP) is 3.49. The average Bonchev–Trinajstić information content (AvgIpc) is 2.84. The van der Waals surface area contributed by atoms with Crippen molar-refractivity contribution in [2.24, 2.45) is 0 Å². The van der Waals surface area contributed by atoms with Crippen LogP contribution in [0.15, 0.2) is 39.0 Å². The maximum Gasteiger partial charge on any atom is 0.271 e. The summed E-state index contributed by atoms with van der Waals surface area (Å²) in [4.78, 5) is 0.365. The number of hydrogen-bond acceptors (Lipinski definition) is 4. The lowest BCUT2D eigenvalue weighted by Crippen LogP contribution is -2.12. The number of nitriles is 1. The molecule has 2 rings (SSSR count). The van der Waals surface area contributed by atoms with Crippen LogP contribution in [0.2, 0.25) is 0 Å². The van der Waals surface area contributed by atoms with Crippen molar-refractivity contribution in [1.29, 1.82) is 5.26 Å². The number of aryl methyl sites for hydroxylation is 1. The molecule has 0 spiro atoms. The standard InChI is InChI=1S/C12H9BrN2O2S2/c1-8-3-2-4-10(12(8)13)15-19(16,17)11-6-5-9(7-14)18-11/h2-6,15H,1H3. The number of nitrogens with one attached hydrogen (secondary N) is 1. The molecule has 1 aromatic carbocycles. The van der Waals surface area contributed by atoms with E-state index in [-0.39, 0.29) is 4.21 Å². The lowest BCUT2D eigenvalue weighted by Gasteiger charge is -2.09. The van der Waals surface area contributed by atoms with Gasteiger partial charge in [-0.15, -0.1) is 11.3 Å². The molecule has 0 unspecified atom stereocenters. The Hall–Kier alpha value is -1.36. The highest BCUT2D eigenvalue weighted by atomic mass is 79.9. The summed E-state index contributed by atoms with van der Waals surface area (Å²) in [6.07, 6.45) is 0. The average molecular weight is 357 g/mol. The number of sulfonamides is 1. The molecule has 0 aliphatic carbocycles. The van der Waals surface area contributed by atoms with E-state index in [0.29, 0.717) is 15.0 Å². The molecular formula is C12H9BrN2O2S2. The normalized spacial score (nSPS) is 11.0. The van der Waals surface area contributed by atoms with Gasteiger partial charge in [-0.3, -0.25) is 4.72 Å². The highest BCUT2D eigenvalue weighted by molar-refractivity contribution is 9.10. The Balaban J connectivity index is 2.37. The summed E-state index contributed by atoms with van der Waals surface area (Å²) >= 11 is 4.29. The maximum atomic E-state index is 12.2. The molecule has 2 aromatic rings. The summed E-state index contributed by atoms with van der Waals surface area (Å²) < 4.78 is 27.7. The van der Waals surface area contributed by atoms with E-state index < -0.39 is 10.0 Å². The summed E-state index contributed by atoms with van der Waals surface area (Å²) in [5, 5.41) is 8.72. The largest absolute Gasteiger partial charge is 0.278 e. The Morgan fingerprint density at radius 3 is 2.68 bits per heavy atom. The summed E-state index contributed by atoms with van der Waals surface area (Å²) in [6.45, 7) is 1.88. The van der Waals surface area contributed by atoms with Gasteiger partial charge in [0.1, 0.15) is 15.2 Å². The Kier molecular flexibility index (Phi) is 3.94. The quantitative estimate of drug-likeness (QED) is 0.914. The molecule has 0 saturated carbocycles. The number of rotatable bonds is 3. The number of anilines is 1. The van der Waals surface area contributed by atoms with Gasteiger partial charge in [-0.05, 0) is 46.6 Å². The summed E-state index contributed by atoms with van der Waals surface area (Å²) in [5.41, 5.74) is 1.41. The van der Waals surface area contributed by atoms with Crippen molar-refractivity contribution in [1.82, 2.24) is 0 Å². The van der Waals surface area contributed by atoms with Crippen molar-refractivity contribution in [3.63, 3.8) is 0 Å². The number of benzene rings is 1. The van der Waals surface area contributed by atoms with Gasteiger partial charge in [0.05, 0.1) is 5.69 Å². The van der Waals surface area contributed by atoms with Gasteiger partial charge < -0.3 is 0 Å². The monoisotopic (exact) mass is 356 g/mol. The summed E-state index contributed by atoms with van der Waals surface area (Å²) in [5.74, 6) is 0. The van der Waals surface area contributed by atoms with Crippen molar-refractivity contribution in [2.75, 3.05) is 4.72 Å². The second-order valence-corrected chi connectivity index (χ2v) is 7.56. The van der Waals surface area contributed by atoms with Crippen LogP contribution in [0.3, 0.4) is 0 Å². The molecule has 1 heterocycles. The van der Waals surface area contributed by atoms with E-state index in [1.165, 1.54) is 12.1 Å². The minimum atomic E-state index is -3.65. The second-order valence-electron chi connectivity index (χ2n) is 3.77. The molecule has 1 N–H and O–H groups in total. The third-order valence-electron chi connectivity index (χ3n) is 2.39. The topological polar surface area (TPSA) is 70.0 Å². The van der Waals surface area contributed by atoms with Gasteiger partial charge in [0.15, 0.2) is 0 Å². The van der Waals surface area contributed by atoms with Crippen LogP contribution in [0.1, 0.15) is 10.4 Å². The van der Waals surface area contributed by atoms with Crippen LogP contribution in [0, 0.1) is 18.3 Å². The number of thiophene rings is 1. The molecule has 0 saturated heterocycles. The number of nitrogens with zero attached hydrogens (tertiary/aromatic N) is 1. The molecule has 1 aromatic heterocycles. The molecule has 0 aliphatic heterocycles. The molecule has 98 valence electrons. The van der Waals surface area contributed by atoms with Gasteiger partial charge in [-0.1, -0.05) is 12.1 Å². The first kappa shape index (κ1) is 14.1. The van der Waals surface area contributed by atoms with Gasteiger partial charge >= 0.3 is 0 Å². The first-order chi connectivity index (χ1) is 8.94. The van der Waals surface area contributed by atoms with E-state index in [1.807, 2.05) is 19.1 Å². The lowest BCUT2D eigenvalue weighted by atomic mass is 10.2. The fourth-order valence-electron chi connectivity index (χ4n) is 1.45. The lowest BCUT2D eigenvalue weighted by molar-refractivity contribution is 0.603. The Labute approximate surface area is 123 Å². The third kappa shape index (κ3) is 2.97. The second kappa shape index (κ2) is 5.33. The SMILES string of the molecule is Cc1cccc(NS(=O)(=O)c2ccc(C#N)s2)c1Br. The number of halogens is 1. The van der Waals surface area contributed by atoms with Gasteiger partial charge in [0.25, 0.3) is 10.0 Å². The third-order valence-corrected chi connectivity index (χ3v) is 6.29. The molecule has 0 atom stereocenters. The molecule has 0 amide bonds. The van der Waals surface area contributed by atoms with Crippen LogP contribution in [-0.4, -0.2) is 8.42 Å². The van der Waals surface area contributed by atoms with E-state index in [4.69, 9.17) is 5.26 Å². The summed E-state index contributed by atoms with van der Waals surface area (Å²) in [7, 11) is -3.65.